The van der Waals surface area contributed by atoms with Crippen molar-refractivity contribution in [2.45, 2.75) is 18.9 Å². The number of benzene rings is 2. The predicted molar refractivity (Wildman–Crippen MR) is 128 cm³/mol. The number of halogens is 2. The van der Waals surface area contributed by atoms with Gasteiger partial charge in [-0.2, -0.15) is 0 Å². The van der Waals surface area contributed by atoms with E-state index >= 15 is 0 Å². The molecule has 0 atom stereocenters. The summed E-state index contributed by atoms with van der Waals surface area (Å²) in [6.45, 7) is 1.32. The highest BCUT2D eigenvalue weighted by Gasteiger charge is 2.36. The minimum atomic E-state index is -0.697. The number of carbonyl (C=O) groups is 2. The number of anilines is 2. The molecule has 1 aliphatic heterocycles. The smallest absolute Gasteiger partial charge is 0.263 e. The number of primary amides is 1. The molecule has 5 rings (SSSR count). The van der Waals surface area contributed by atoms with Crippen molar-refractivity contribution in [3.63, 3.8) is 0 Å². The van der Waals surface area contributed by atoms with Gasteiger partial charge in [0, 0.05) is 37.6 Å². The first-order valence-corrected chi connectivity index (χ1v) is 11.3. The first-order chi connectivity index (χ1) is 15.9. The van der Waals surface area contributed by atoms with Crippen LogP contribution in [-0.4, -0.2) is 35.9 Å². The van der Waals surface area contributed by atoms with Crippen molar-refractivity contribution in [3.8, 4) is 11.5 Å². The van der Waals surface area contributed by atoms with E-state index in [0.717, 1.165) is 17.9 Å². The lowest BCUT2D eigenvalue weighted by Gasteiger charge is -2.38. The Morgan fingerprint density at radius 3 is 2.45 bits per heavy atom. The molecule has 2 amide bonds. The van der Waals surface area contributed by atoms with Gasteiger partial charge in [0.2, 0.25) is 5.91 Å². The van der Waals surface area contributed by atoms with Crippen LogP contribution in [0, 0.1) is 0 Å². The van der Waals surface area contributed by atoms with Gasteiger partial charge in [-0.1, -0.05) is 35.3 Å². The van der Waals surface area contributed by atoms with Crippen LogP contribution in [0.4, 0.5) is 11.4 Å². The number of ether oxygens (including phenoxy) is 1. The Morgan fingerprint density at radius 1 is 0.970 bits per heavy atom. The van der Waals surface area contributed by atoms with Crippen LogP contribution in [0.15, 0.2) is 54.9 Å². The molecule has 3 aromatic rings. The van der Waals surface area contributed by atoms with Crippen LogP contribution in [0.2, 0.25) is 10.0 Å². The standard InChI is InChI=1S/C24H20Cl2N4O3/c25-17-12-22(18(26)11-15(17)23(27)31)33-21-7-8-28-13-16(21)24(32)30-10-9-29(14-5-6-14)19-3-1-2-4-20(19)30/h1-4,7-8,11-14H,5-6,9-10H2,(H2,27,31). The summed E-state index contributed by atoms with van der Waals surface area (Å²) in [4.78, 5) is 33.4. The Hall–Kier alpha value is -3.29. The lowest BCUT2D eigenvalue weighted by Crippen LogP contribution is -2.45. The monoisotopic (exact) mass is 482 g/mol. The van der Waals surface area contributed by atoms with Crippen LogP contribution in [0.3, 0.4) is 0 Å². The molecule has 1 aliphatic carbocycles. The summed E-state index contributed by atoms with van der Waals surface area (Å²) in [7, 11) is 0. The molecule has 1 aromatic heterocycles. The summed E-state index contributed by atoms with van der Waals surface area (Å²) < 4.78 is 5.96. The fourth-order valence-electron chi connectivity index (χ4n) is 4.05. The maximum Gasteiger partial charge on any atom is 0.263 e. The van der Waals surface area contributed by atoms with Crippen LogP contribution in [0.5, 0.6) is 11.5 Å². The van der Waals surface area contributed by atoms with Crippen molar-refractivity contribution in [3.05, 3.63) is 76.0 Å². The van der Waals surface area contributed by atoms with E-state index in [1.165, 1.54) is 37.4 Å². The molecule has 1 fully saturated rings. The molecular formula is C24H20Cl2N4O3. The van der Waals surface area contributed by atoms with Gasteiger partial charge in [0.1, 0.15) is 17.1 Å². The molecule has 33 heavy (non-hydrogen) atoms. The molecule has 0 saturated heterocycles. The number of hydrogen-bond donors (Lipinski definition) is 1. The van der Waals surface area contributed by atoms with Crippen LogP contribution >= 0.6 is 23.2 Å². The van der Waals surface area contributed by atoms with E-state index in [1.54, 1.807) is 11.0 Å². The number of amides is 2. The molecular weight excluding hydrogens is 463 g/mol. The molecule has 0 radical (unpaired) electrons. The second-order valence-corrected chi connectivity index (χ2v) is 8.79. The van der Waals surface area contributed by atoms with E-state index in [0.29, 0.717) is 18.2 Å². The average molecular weight is 483 g/mol. The van der Waals surface area contributed by atoms with Gasteiger partial charge in [0.25, 0.3) is 5.91 Å². The number of rotatable bonds is 5. The van der Waals surface area contributed by atoms with Gasteiger partial charge in [-0.15, -0.1) is 0 Å². The van der Waals surface area contributed by atoms with Gasteiger partial charge < -0.3 is 20.3 Å². The molecule has 1 saturated carbocycles. The van der Waals surface area contributed by atoms with E-state index in [9.17, 15) is 9.59 Å². The van der Waals surface area contributed by atoms with E-state index in [4.69, 9.17) is 33.7 Å². The predicted octanol–water partition coefficient (Wildman–Crippen LogP) is 4.91. The second-order valence-electron chi connectivity index (χ2n) is 7.97. The van der Waals surface area contributed by atoms with E-state index in [2.05, 4.69) is 16.0 Å². The highest BCUT2D eigenvalue weighted by Crippen LogP contribution is 2.41. The van der Waals surface area contributed by atoms with Gasteiger partial charge in [-0.25, -0.2) is 0 Å². The molecule has 2 heterocycles. The summed E-state index contributed by atoms with van der Waals surface area (Å²) in [5.41, 5.74) is 7.62. The normalized spacial score (nSPS) is 15.2. The van der Waals surface area contributed by atoms with Crippen LogP contribution in [-0.2, 0) is 0 Å². The Labute approximate surface area is 200 Å². The van der Waals surface area contributed by atoms with E-state index < -0.39 is 5.91 Å². The number of fused-ring (bicyclic) bond motifs is 1. The number of aromatic nitrogens is 1. The van der Waals surface area contributed by atoms with Crippen LogP contribution in [0.25, 0.3) is 0 Å². The zero-order chi connectivity index (χ0) is 23.1. The number of nitrogens with zero attached hydrogens (tertiary/aromatic N) is 3. The Bertz CT molecular complexity index is 1260. The second kappa shape index (κ2) is 8.57. The Kier molecular flexibility index (Phi) is 5.60. The summed E-state index contributed by atoms with van der Waals surface area (Å²) in [6.07, 6.45) is 5.36. The highest BCUT2D eigenvalue weighted by atomic mass is 35.5. The highest BCUT2D eigenvalue weighted by molar-refractivity contribution is 6.36. The van der Waals surface area contributed by atoms with Crippen molar-refractivity contribution in [2.75, 3.05) is 22.9 Å². The lowest BCUT2D eigenvalue weighted by molar-refractivity contribution is 0.0981. The zero-order valence-electron chi connectivity index (χ0n) is 17.5. The van der Waals surface area contributed by atoms with E-state index in [1.807, 2.05) is 18.2 Å². The van der Waals surface area contributed by atoms with Crippen LogP contribution < -0.4 is 20.3 Å². The number of pyridine rings is 1. The van der Waals surface area contributed by atoms with Gasteiger partial charge >= 0.3 is 0 Å². The Balaban J connectivity index is 1.47. The number of nitrogens with two attached hydrogens (primary N) is 1. The maximum absolute atomic E-state index is 13.6. The largest absolute Gasteiger partial charge is 0.455 e. The maximum atomic E-state index is 13.6. The van der Waals surface area contributed by atoms with Crippen molar-refractivity contribution >= 4 is 46.4 Å². The first-order valence-electron chi connectivity index (χ1n) is 10.5. The molecule has 0 bridgehead atoms. The molecule has 7 nitrogen and oxygen atoms in total. The third-order valence-corrected chi connectivity index (χ3v) is 6.41. The molecule has 0 spiro atoms. The van der Waals surface area contributed by atoms with Crippen molar-refractivity contribution in [2.24, 2.45) is 5.73 Å². The van der Waals surface area contributed by atoms with Gasteiger partial charge in [0.15, 0.2) is 0 Å². The van der Waals surface area contributed by atoms with Crippen LogP contribution in [0.1, 0.15) is 33.6 Å². The van der Waals surface area contributed by atoms with Gasteiger partial charge in [-0.05, 0) is 37.1 Å². The quantitative estimate of drug-likeness (QED) is 0.557. The number of para-hydroxylation sites is 2. The fourth-order valence-corrected chi connectivity index (χ4v) is 4.50. The third kappa shape index (κ3) is 4.10. The van der Waals surface area contributed by atoms with Crippen molar-refractivity contribution < 1.29 is 14.3 Å². The summed E-state index contributed by atoms with van der Waals surface area (Å²) in [5.74, 6) is -0.443. The van der Waals surface area contributed by atoms with Crippen molar-refractivity contribution in [1.82, 2.24) is 4.98 Å². The first kappa shape index (κ1) is 21.6. The summed E-state index contributed by atoms with van der Waals surface area (Å²) in [5, 5.41) is 0.251. The molecule has 168 valence electrons. The molecule has 2 N–H and O–H groups in total. The van der Waals surface area contributed by atoms with Gasteiger partial charge in [-0.3, -0.25) is 14.6 Å². The Morgan fingerprint density at radius 2 is 1.73 bits per heavy atom. The molecule has 2 aromatic carbocycles. The molecule has 0 unspecified atom stereocenters. The minimum absolute atomic E-state index is 0.0881. The van der Waals surface area contributed by atoms with Crippen molar-refractivity contribution in [1.29, 1.82) is 0 Å². The average Bonchev–Trinajstić information content (AvgIpc) is 3.65. The zero-order valence-corrected chi connectivity index (χ0v) is 19.0. The fraction of sp³-hybridized carbons (Fsp3) is 0.208. The minimum Gasteiger partial charge on any atom is -0.455 e. The number of carbonyl (C=O) groups excluding carboxylic acids is 2. The summed E-state index contributed by atoms with van der Waals surface area (Å²) >= 11 is 12.4. The molecule has 9 heteroatoms. The topological polar surface area (TPSA) is 88.8 Å². The van der Waals surface area contributed by atoms with E-state index in [-0.39, 0.29) is 33.0 Å². The van der Waals surface area contributed by atoms with Gasteiger partial charge in [0.05, 0.1) is 27.0 Å². The lowest BCUT2D eigenvalue weighted by atomic mass is 10.1. The summed E-state index contributed by atoms with van der Waals surface area (Å²) in [6, 6.07) is 12.8. The molecule has 2 aliphatic rings. The SMILES string of the molecule is NC(=O)c1cc(Cl)c(Oc2ccncc2C(=O)N2CCN(C3CC3)c3ccccc32)cc1Cl. The number of hydrogen-bond acceptors (Lipinski definition) is 5. The third-order valence-electron chi connectivity index (χ3n) is 5.80.